The van der Waals surface area contributed by atoms with Crippen LogP contribution in [-0.4, -0.2) is 30.1 Å². The molecule has 4 aromatic carbocycles. The maximum absolute atomic E-state index is 13.1. The first-order valence-corrected chi connectivity index (χ1v) is 11.9. The largest absolute Gasteiger partial charge is 0.508 e. The molecule has 1 aliphatic heterocycles. The Hall–Kier alpha value is -4.82. The number of anilines is 1. The Morgan fingerprint density at radius 2 is 1.71 bits per heavy atom. The molecule has 4 amide bonds. The second-order valence-electron chi connectivity index (χ2n) is 8.44. The number of fused-ring (bicyclic) bond motifs is 1. The van der Waals surface area contributed by atoms with E-state index in [-0.39, 0.29) is 28.6 Å². The van der Waals surface area contributed by atoms with Crippen LogP contribution in [0.3, 0.4) is 0 Å². The van der Waals surface area contributed by atoms with Crippen LogP contribution in [-0.2, 0) is 16.2 Å². The number of hydrogen-bond donors (Lipinski definition) is 2. The molecule has 190 valence electrons. The number of urea groups is 1. The molecular formula is C29H21ClN2O6. The van der Waals surface area contributed by atoms with Gasteiger partial charge >= 0.3 is 6.03 Å². The SMILES string of the molecule is COc1cc(/C=C2\C(=O)NC(=O)N(c3ccc(O)cc3)C2=O)cc(Cl)c1OCc1cccc2ccccc12. The van der Waals surface area contributed by atoms with Crippen molar-refractivity contribution in [2.24, 2.45) is 0 Å². The molecule has 5 rings (SSSR count). The van der Waals surface area contributed by atoms with E-state index < -0.39 is 17.8 Å². The van der Waals surface area contributed by atoms with Crippen molar-refractivity contribution in [2.75, 3.05) is 12.0 Å². The summed E-state index contributed by atoms with van der Waals surface area (Å²) < 4.78 is 11.5. The molecule has 1 saturated heterocycles. The Morgan fingerprint density at radius 1 is 0.974 bits per heavy atom. The number of amides is 4. The third-order valence-corrected chi connectivity index (χ3v) is 6.31. The lowest BCUT2D eigenvalue weighted by Gasteiger charge is -2.26. The van der Waals surface area contributed by atoms with Crippen LogP contribution in [0.1, 0.15) is 11.1 Å². The van der Waals surface area contributed by atoms with Gasteiger partial charge in [-0.2, -0.15) is 0 Å². The van der Waals surface area contributed by atoms with E-state index in [4.69, 9.17) is 21.1 Å². The summed E-state index contributed by atoms with van der Waals surface area (Å²) in [7, 11) is 1.46. The van der Waals surface area contributed by atoms with E-state index in [0.29, 0.717) is 17.1 Å². The molecule has 0 aromatic heterocycles. The lowest BCUT2D eigenvalue weighted by atomic mass is 10.1. The number of ether oxygens (including phenoxy) is 2. The van der Waals surface area contributed by atoms with Gasteiger partial charge < -0.3 is 14.6 Å². The molecule has 38 heavy (non-hydrogen) atoms. The van der Waals surface area contributed by atoms with Crippen molar-refractivity contribution < 1.29 is 29.0 Å². The lowest BCUT2D eigenvalue weighted by Crippen LogP contribution is -2.54. The minimum absolute atomic E-state index is 0.0324. The smallest absolute Gasteiger partial charge is 0.335 e. The molecule has 1 heterocycles. The molecule has 1 fully saturated rings. The number of rotatable bonds is 6. The summed E-state index contributed by atoms with van der Waals surface area (Å²) >= 11 is 6.54. The van der Waals surface area contributed by atoms with Gasteiger partial charge in [0, 0.05) is 0 Å². The van der Waals surface area contributed by atoms with Crippen LogP contribution < -0.4 is 19.7 Å². The number of benzene rings is 4. The van der Waals surface area contributed by atoms with E-state index in [9.17, 15) is 19.5 Å². The van der Waals surface area contributed by atoms with Gasteiger partial charge in [-0.3, -0.25) is 14.9 Å². The second kappa shape index (κ2) is 10.3. The summed E-state index contributed by atoms with van der Waals surface area (Å²) in [6, 6.07) is 21.6. The average molecular weight is 529 g/mol. The molecular weight excluding hydrogens is 508 g/mol. The van der Waals surface area contributed by atoms with Gasteiger partial charge in [-0.25, -0.2) is 9.69 Å². The molecule has 4 aromatic rings. The van der Waals surface area contributed by atoms with Crippen molar-refractivity contribution in [2.45, 2.75) is 6.61 Å². The molecule has 9 heteroatoms. The fourth-order valence-electron chi connectivity index (χ4n) is 4.19. The number of carbonyl (C=O) groups is 3. The van der Waals surface area contributed by atoms with Crippen LogP contribution in [0.5, 0.6) is 17.2 Å². The lowest BCUT2D eigenvalue weighted by molar-refractivity contribution is -0.122. The predicted molar refractivity (Wildman–Crippen MR) is 143 cm³/mol. The zero-order chi connectivity index (χ0) is 26.8. The topological polar surface area (TPSA) is 105 Å². The van der Waals surface area contributed by atoms with Crippen LogP contribution in [0, 0.1) is 0 Å². The number of carbonyl (C=O) groups excluding carboxylic acids is 3. The van der Waals surface area contributed by atoms with Crippen molar-refractivity contribution in [1.29, 1.82) is 0 Å². The summed E-state index contributed by atoms with van der Waals surface area (Å²) in [6.07, 6.45) is 1.32. The quantitative estimate of drug-likeness (QED) is 0.254. The molecule has 2 N–H and O–H groups in total. The van der Waals surface area contributed by atoms with Gasteiger partial charge in [0.25, 0.3) is 11.8 Å². The summed E-state index contributed by atoms with van der Waals surface area (Å²) in [4.78, 5) is 38.9. The minimum Gasteiger partial charge on any atom is -0.508 e. The van der Waals surface area contributed by atoms with Crippen LogP contribution in [0.25, 0.3) is 16.8 Å². The van der Waals surface area contributed by atoms with Crippen LogP contribution >= 0.6 is 11.6 Å². The first kappa shape index (κ1) is 24.9. The van der Waals surface area contributed by atoms with Gasteiger partial charge in [0.1, 0.15) is 17.9 Å². The highest BCUT2D eigenvalue weighted by Gasteiger charge is 2.36. The van der Waals surface area contributed by atoms with Crippen molar-refractivity contribution in [1.82, 2.24) is 5.32 Å². The number of nitrogens with zero attached hydrogens (tertiary/aromatic N) is 1. The maximum Gasteiger partial charge on any atom is 0.335 e. The number of halogens is 1. The number of methoxy groups -OCH3 is 1. The molecule has 0 radical (unpaired) electrons. The Kier molecular flexibility index (Phi) is 6.72. The second-order valence-corrected chi connectivity index (χ2v) is 8.84. The van der Waals surface area contributed by atoms with Crippen molar-refractivity contribution in [3.8, 4) is 17.2 Å². The first-order chi connectivity index (χ1) is 18.4. The van der Waals surface area contributed by atoms with Crippen molar-refractivity contribution >= 4 is 52.0 Å². The Balaban J connectivity index is 1.44. The summed E-state index contributed by atoms with van der Waals surface area (Å²) in [5, 5.41) is 14.0. The molecule has 0 aliphatic carbocycles. The van der Waals surface area contributed by atoms with Gasteiger partial charge in [0.15, 0.2) is 11.5 Å². The average Bonchev–Trinajstić information content (AvgIpc) is 2.91. The van der Waals surface area contributed by atoms with Crippen LogP contribution in [0.15, 0.2) is 84.4 Å². The monoisotopic (exact) mass is 528 g/mol. The highest BCUT2D eigenvalue weighted by Crippen LogP contribution is 2.38. The van der Waals surface area contributed by atoms with Gasteiger partial charge in [-0.05, 0) is 64.4 Å². The molecule has 8 nitrogen and oxygen atoms in total. The third kappa shape index (κ3) is 4.77. The summed E-state index contributed by atoms with van der Waals surface area (Å²) in [5.74, 6) is -1.09. The molecule has 0 bridgehead atoms. The third-order valence-electron chi connectivity index (χ3n) is 6.02. The number of imide groups is 2. The molecule has 0 unspecified atom stereocenters. The minimum atomic E-state index is -0.893. The van der Waals surface area contributed by atoms with Gasteiger partial charge in [-0.15, -0.1) is 0 Å². The van der Waals surface area contributed by atoms with E-state index in [2.05, 4.69) is 5.32 Å². The van der Waals surface area contributed by atoms with E-state index >= 15 is 0 Å². The number of phenols is 1. The van der Waals surface area contributed by atoms with Crippen LogP contribution in [0.2, 0.25) is 5.02 Å². The predicted octanol–water partition coefficient (Wildman–Crippen LogP) is 5.45. The molecule has 1 aliphatic rings. The van der Waals surface area contributed by atoms with Crippen molar-refractivity contribution in [3.05, 3.63) is 101 Å². The fraction of sp³-hybridized carbons (Fsp3) is 0.0690. The zero-order valence-corrected chi connectivity index (χ0v) is 20.9. The maximum atomic E-state index is 13.1. The number of nitrogens with one attached hydrogen (secondary N) is 1. The number of hydrogen-bond acceptors (Lipinski definition) is 6. The Bertz CT molecular complexity index is 1610. The highest BCUT2D eigenvalue weighted by molar-refractivity contribution is 6.39. The van der Waals surface area contributed by atoms with E-state index in [1.165, 1.54) is 43.5 Å². The van der Waals surface area contributed by atoms with Crippen LogP contribution in [0.4, 0.5) is 10.5 Å². The summed E-state index contributed by atoms with van der Waals surface area (Å²) in [6.45, 7) is 0.239. The number of aromatic hydroxyl groups is 1. The summed E-state index contributed by atoms with van der Waals surface area (Å²) in [5.41, 5.74) is 1.27. The van der Waals surface area contributed by atoms with Crippen molar-refractivity contribution in [3.63, 3.8) is 0 Å². The van der Waals surface area contributed by atoms with Gasteiger partial charge in [0.05, 0.1) is 17.8 Å². The van der Waals surface area contributed by atoms with E-state index in [1.807, 2.05) is 42.5 Å². The van der Waals surface area contributed by atoms with E-state index in [1.54, 1.807) is 6.07 Å². The molecule has 0 atom stereocenters. The highest BCUT2D eigenvalue weighted by atomic mass is 35.5. The fourth-order valence-corrected chi connectivity index (χ4v) is 4.47. The normalized spacial score (nSPS) is 14.6. The Labute approximate surface area is 222 Å². The Morgan fingerprint density at radius 3 is 2.47 bits per heavy atom. The van der Waals surface area contributed by atoms with Gasteiger partial charge in [0.2, 0.25) is 0 Å². The standard InChI is InChI=1S/C29H21ClN2O6/c1-37-25-15-17(13-23-27(34)31-29(36)32(28(23)35)20-9-11-21(33)12-10-20)14-24(30)26(25)38-16-19-7-4-6-18-5-2-3-8-22(18)19/h2-15,33H,16H2,1H3,(H,31,34,36)/b23-13+. The number of barbiturate groups is 1. The van der Waals surface area contributed by atoms with E-state index in [0.717, 1.165) is 21.2 Å². The molecule has 0 spiro atoms. The first-order valence-electron chi connectivity index (χ1n) is 11.5. The van der Waals surface area contributed by atoms with Gasteiger partial charge in [-0.1, -0.05) is 54.1 Å². The molecule has 0 saturated carbocycles. The zero-order valence-electron chi connectivity index (χ0n) is 20.1. The number of phenolic OH excluding ortho intramolecular Hbond substituents is 1.